The van der Waals surface area contributed by atoms with E-state index in [-0.39, 0.29) is 17.6 Å². The fraction of sp³-hybridized carbons (Fsp3) is 0.560. The van der Waals surface area contributed by atoms with Gasteiger partial charge in [-0.3, -0.25) is 14.4 Å². The first kappa shape index (κ1) is 26.6. The smallest absolute Gasteiger partial charge is 0.416 e. The predicted octanol–water partition coefficient (Wildman–Crippen LogP) is 0.264. The highest BCUT2D eigenvalue weighted by Crippen LogP contribution is 2.60. The Morgan fingerprint density at radius 1 is 1.21 bits per heavy atom. The van der Waals surface area contributed by atoms with Crippen LogP contribution < -0.4 is 16.8 Å². The molecule has 0 aromatic carbocycles. The summed E-state index contributed by atoms with van der Waals surface area (Å²) in [6, 6.07) is -2.34. The third kappa shape index (κ3) is 3.25. The molecular formula is C25H28F3N3O7. The summed E-state index contributed by atoms with van der Waals surface area (Å²) < 4.78 is 43.8. The molecule has 1 saturated carbocycles. The summed E-state index contributed by atoms with van der Waals surface area (Å²) in [6.07, 6.45) is -5.23. The van der Waals surface area contributed by atoms with Crippen molar-refractivity contribution >= 4 is 17.5 Å². The number of amides is 1. The van der Waals surface area contributed by atoms with E-state index in [9.17, 15) is 48.0 Å². The van der Waals surface area contributed by atoms with Crippen molar-refractivity contribution in [3.63, 3.8) is 0 Å². The molecule has 5 rings (SSSR count). The molecule has 0 spiro atoms. The highest BCUT2D eigenvalue weighted by atomic mass is 19.4. The Balaban J connectivity index is 1.73. The van der Waals surface area contributed by atoms with Crippen molar-refractivity contribution < 1.29 is 48.0 Å². The Labute approximate surface area is 214 Å². The van der Waals surface area contributed by atoms with E-state index in [1.54, 1.807) is 0 Å². The van der Waals surface area contributed by atoms with E-state index in [1.165, 1.54) is 6.92 Å². The largest absolute Gasteiger partial charge is 0.511 e. The molecule has 10 nitrogen and oxygen atoms in total. The van der Waals surface area contributed by atoms with Gasteiger partial charge in [0.05, 0.1) is 23.1 Å². The van der Waals surface area contributed by atoms with Gasteiger partial charge >= 0.3 is 6.18 Å². The lowest BCUT2D eigenvalue weighted by Crippen LogP contribution is -2.65. The Morgan fingerprint density at radius 2 is 1.87 bits per heavy atom. The van der Waals surface area contributed by atoms with Gasteiger partial charge in [0, 0.05) is 17.5 Å². The highest BCUT2D eigenvalue weighted by molar-refractivity contribution is 6.24. The maximum Gasteiger partial charge on any atom is 0.416 e. The summed E-state index contributed by atoms with van der Waals surface area (Å²) in [4.78, 5) is 38.2. The second-order valence-corrected chi connectivity index (χ2v) is 10.8. The molecule has 9 N–H and O–H groups in total. The number of alkyl halides is 3. The van der Waals surface area contributed by atoms with Crippen molar-refractivity contribution in [1.29, 1.82) is 0 Å². The molecule has 0 aromatic rings. The Hall–Kier alpha value is -3.00. The van der Waals surface area contributed by atoms with Crippen LogP contribution in [-0.4, -0.2) is 74.4 Å². The van der Waals surface area contributed by atoms with Crippen LogP contribution in [-0.2, 0) is 14.4 Å². The van der Waals surface area contributed by atoms with Gasteiger partial charge in [0.15, 0.2) is 11.4 Å². The van der Waals surface area contributed by atoms with Gasteiger partial charge in [0.2, 0.25) is 5.78 Å². The second-order valence-electron chi connectivity index (χ2n) is 10.8. The maximum absolute atomic E-state index is 14.6. The summed E-state index contributed by atoms with van der Waals surface area (Å²) in [5.74, 6) is -8.70. The molecule has 1 aliphatic heterocycles. The number of rotatable bonds is 2. The standard InChI is InChI=1S/C25H28F3N3O7/c1-23-10(16(25(26,27)28)9(7-13(23)32)12-3-2-4-31-12)5-8-6-11-17(29)18(33)15(22(30)37)21(36)24(11,38)20(35)14(8)19(23)34/h7-8,11-13,17,31-32,34,36,38H,2-6,29H2,1H3,(H2,30,37)/t8-,11-,12?,13?,17-,23?,24-/m0/s1. The van der Waals surface area contributed by atoms with Crippen molar-refractivity contribution in [2.24, 2.45) is 28.7 Å². The lowest BCUT2D eigenvalue weighted by atomic mass is 9.53. The van der Waals surface area contributed by atoms with Gasteiger partial charge in [0.25, 0.3) is 5.91 Å². The zero-order valence-corrected chi connectivity index (χ0v) is 20.3. The number of Topliss-reactive ketones (excluding diaryl/α,β-unsaturated/α-hetero) is 2. The van der Waals surface area contributed by atoms with E-state index in [0.29, 0.717) is 19.4 Å². The molecule has 5 aliphatic rings. The molecule has 4 aliphatic carbocycles. The first-order valence-corrected chi connectivity index (χ1v) is 12.3. The lowest BCUT2D eigenvalue weighted by Gasteiger charge is -2.52. The van der Waals surface area contributed by atoms with E-state index in [1.807, 2.05) is 0 Å². The average Bonchev–Trinajstić information content (AvgIpc) is 3.35. The molecule has 1 saturated heterocycles. The zero-order chi connectivity index (χ0) is 28.1. The van der Waals surface area contributed by atoms with Crippen LogP contribution in [0.4, 0.5) is 13.2 Å². The maximum atomic E-state index is 14.6. The number of fused-ring (bicyclic) bond motifs is 3. The van der Waals surface area contributed by atoms with Gasteiger partial charge in [0.1, 0.15) is 17.1 Å². The predicted molar refractivity (Wildman–Crippen MR) is 124 cm³/mol. The molecule has 3 unspecified atom stereocenters. The zero-order valence-electron chi connectivity index (χ0n) is 20.3. The van der Waals surface area contributed by atoms with Crippen LogP contribution >= 0.6 is 0 Å². The number of carbonyl (C=O) groups is 3. The topological polar surface area (TPSA) is 196 Å². The molecule has 1 amide bonds. The molecule has 38 heavy (non-hydrogen) atoms. The van der Waals surface area contributed by atoms with Crippen molar-refractivity contribution in [2.75, 3.05) is 6.54 Å². The van der Waals surface area contributed by atoms with Crippen LogP contribution in [0.2, 0.25) is 0 Å². The van der Waals surface area contributed by atoms with Crippen LogP contribution in [0.3, 0.4) is 0 Å². The lowest BCUT2D eigenvalue weighted by molar-refractivity contribution is -0.150. The minimum Gasteiger partial charge on any atom is -0.511 e. The Morgan fingerprint density at radius 3 is 2.42 bits per heavy atom. The summed E-state index contributed by atoms with van der Waals surface area (Å²) in [6.45, 7) is 1.68. The number of nitrogens with one attached hydrogen (secondary N) is 1. The molecule has 206 valence electrons. The normalized spacial score (nSPS) is 39.7. The van der Waals surface area contributed by atoms with Crippen LogP contribution in [0.25, 0.3) is 0 Å². The third-order valence-corrected chi connectivity index (χ3v) is 8.96. The van der Waals surface area contributed by atoms with Gasteiger partial charge in [-0.05, 0) is 62.3 Å². The first-order valence-electron chi connectivity index (χ1n) is 12.3. The number of nitrogens with two attached hydrogens (primary N) is 2. The molecule has 0 bridgehead atoms. The van der Waals surface area contributed by atoms with E-state index in [0.717, 1.165) is 6.08 Å². The SMILES string of the molecule is CC12C(O)=C3C(=O)[C@]4(O)C(O)=C(C(N)=O)C(=O)[C@@H](N)[C@@H]4C[C@@H]3CC1=C(C(F)(F)F)C(C1CCCN1)=CC2O. The number of aliphatic hydroxyl groups excluding tert-OH is 3. The first-order chi connectivity index (χ1) is 17.6. The molecule has 7 atom stereocenters. The third-order valence-electron chi connectivity index (χ3n) is 8.96. The number of primary amides is 1. The van der Waals surface area contributed by atoms with Crippen LogP contribution in [0.1, 0.15) is 32.6 Å². The van der Waals surface area contributed by atoms with Gasteiger partial charge in [-0.2, -0.15) is 13.2 Å². The molecule has 0 radical (unpaired) electrons. The van der Waals surface area contributed by atoms with E-state index in [4.69, 9.17) is 11.5 Å². The van der Waals surface area contributed by atoms with Gasteiger partial charge in [-0.1, -0.05) is 0 Å². The van der Waals surface area contributed by atoms with Crippen LogP contribution in [0.5, 0.6) is 0 Å². The number of hydrogen-bond acceptors (Lipinski definition) is 9. The van der Waals surface area contributed by atoms with Crippen molar-refractivity contribution in [1.82, 2.24) is 5.32 Å². The fourth-order valence-corrected chi connectivity index (χ4v) is 6.96. The van der Waals surface area contributed by atoms with Crippen LogP contribution in [0.15, 0.2) is 45.5 Å². The Bertz CT molecular complexity index is 1290. The minimum atomic E-state index is -4.86. The van der Waals surface area contributed by atoms with Gasteiger partial charge < -0.3 is 37.2 Å². The number of halogens is 3. The van der Waals surface area contributed by atoms with Gasteiger partial charge in [-0.25, -0.2) is 0 Å². The second kappa shape index (κ2) is 8.25. The molecule has 2 fully saturated rings. The highest BCUT2D eigenvalue weighted by Gasteiger charge is 2.65. The summed E-state index contributed by atoms with van der Waals surface area (Å²) in [5.41, 5.74) is 3.14. The van der Waals surface area contributed by atoms with Gasteiger partial charge in [-0.15, -0.1) is 0 Å². The number of ketones is 2. The molecule has 1 heterocycles. The number of carbonyl (C=O) groups excluding carboxylic acids is 3. The Kier molecular flexibility index (Phi) is 5.77. The quantitative estimate of drug-likeness (QED) is 0.241. The van der Waals surface area contributed by atoms with Crippen molar-refractivity contribution in [3.8, 4) is 0 Å². The van der Waals surface area contributed by atoms with E-state index >= 15 is 0 Å². The van der Waals surface area contributed by atoms with Crippen molar-refractivity contribution in [2.45, 2.75) is 62.6 Å². The fourth-order valence-electron chi connectivity index (χ4n) is 6.96. The molecular weight excluding hydrogens is 511 g/mol. The number of aliphatic hydroxyl groups is 4. The average molecular weight is 540 g/mol. The molecule has 0 aromatic heterocycles. The van der Waals surface area contributed by atoms with E-state index in [2.05, 4.69) is 5.32 Å². The molecule has 13 heteroatoms. The van der Waals surface area contributed by atoms with E-state index < -0.39 is 99.3 Å². The summed E-state index contributed by atoms with van der Waals surface area (Å²) in [5, 5.41) is 47.6. The monoisotopic (exact) mass is 539 g/mol. The summed E-state index contributed by atoms with van der Waals surface area (Å²) >= 11 is 0. The minimum absolute atomic E-state index is 0.138. The van der Waals surface area contributed by atoms with Crippen LogP contribution in [0, 0.1) is 17.3 Å². The van der Waals surface area contributed by atoms with Crippen molar-refractivity contribution in [3.05, 3.63) is 45.5 Å². The summed E-state index contributed by atoms with van der Waals surface area (Å²) in [7, 11) is 0. The number of hydrogen-bond donors (Lipinski definition) is 7.